The third-order valence-electron chi connectivity index (χ3n) is 3.31. The van der Waals surface area contributed by atoms with E-state index >= 15 is 0 Å². The lowest BCUT2D eigenvalue weighted by molar-refractivity contribution is 0.228. The predicted octanol–water partition coefficient (Wildman–Crippen LogP) is 3.79. The van der Waals surface area contributed by atoms with Crippen LogP contribution in [0.15, 0.2) is 34.1 Å². The van der Waals surface area contributed by atoms with E-state index in [-0.39, 0.29) is 11.9 Å². The van der Waals surface area contributed by atoms with Crippen molar-refractivity contribution >= 4 is 27.3 Å². The van der Waals surface area contributed by atoms with Gasteiger partial charge in [0.25, 0.3) is 0 Å². The maximum Gasteiger partial charge on any atom is 0.123 e. The van der Waals surface area contributed by atoms with Gasteiger partial charge in [-0.25, -0.2) is 4.39 Å². The normalized spacial score (nSPS) is 17.0. The molecule has 106 valence electrons. The molecule has 3 rings (SSSR count). The van der Waals surface area contributed by atoms with Gasteiger partial charge in [-0.2, -0.15) is 0 Å². The Bertz CT molecular complexity index is 601. The monoisotopic (exact) mass is 355 g/mol. The minimum absolute atomic E-state index is 0.113. The zero-order chi connectivity index (χ0) is 13.9. The van der Waals surface area contributed by atoms with E-state index in [4.69, 9.17) is 4.74 Å². The van der Waals surface area contributed by atoms with Gasteiger partial charge >= 0.3 is 0 Å². The Labute approximate surface area is 130 Å². The molecule has 1 aliphatic heterocycles. The fraction of sp³-hybridized carbons (Fsp3) is 0.333. The van der Waals surface area contributed by atoms with Crippen molar-refractivity contribution in [2.45, 2.75) is 18.9 Å². The van der Waals surface area contributed by atoms with Crippen LogP contribution in [0.3, 0.4) is 0 Å². The molecule has 0 amide bonds. The van der Waals surface area contributed by atoms with E-state index in [9.17, 15) is 4.39 Å². The number of ether oxygens (including phenoxy) is 1. The Balaban J connectivity index is 1.42. The first-order valence-corrected chi connectivity index (χ1v) is 8.21. The summed E-state index contributed by atoms with van der Waals surface area (Å²) in [5.41, 5.74) is 0.971. The van der Waals surface area contributed by atoms with Crippen molar-refractivity contribution in [3.05, 3.63) is 50.4 Å². The number of fused-ring (bicyclic) bond motifs is 1. The first kappa shape index (κ1) is 14.0. The molecule has 20 heavy (non-hydrogen) atoms. The molecule has 2 nitrogen and oxygen atoms in total. The largest absolute Gasteiger partial charge is 0.488 e. The molecule has 5 heteroatoms. The number of hydrogen-bond donors (Lipinski definition) is 1. The van der Waals surface area contributed by atoms with E-state index < -0.39 is 0 Å². The number of nitrogens with one attached hydrogen (secondary N) is 1. The molecule has 0 aliphatic carbocycles. The molecule has 1 atom stereocenters. The van der Waals surface area contributed by atoms with Crippen LogP contribution in [-0.4, -0.2) is 19.2 Å². The maximum atomic E-state index is 13.1. The van der Waals surface area contributed by atoms with Crippen LogP contribution in [0.5, 0.6) is 5.75 Å². The summed E-state index contributed by atoms with van der Waals surface area (Å²) in [6, 6.07) is 8.95. The van der Waals surface area contributed by atoms with Crippen LogP contribution in [0.1, 0.15) is 10.4 Å². The number of halogens is 2. The van der Waals surface area contributed by atoms with Gasteiger partial charge in [-0.05, 0) is 52.7 Å². The van der Waals surface area contributed by atoms with Crippen LogP contribution in [-0.2, 0) is 12.8 Å². The number of hydrogen-bond acceptors (Lipinski definition) is 3. The highest BCUT2D eigenvalue weighted by molar-refractivity contribution is 9.11. The van der Waals surface area contributed by atoms with Crippen molar-refractivity contribution in [1.82, 2.24) is 5.32 Å². The van der Waals surface area contributed by atoms with Crippen molar-refractivity contribution in [3.8, 4) is 5.75 Å². The van der Waals surface area contributed by atoms with E-state index in [2.05, 4.69) is 33.4 Å². The summed E-state index contributed by atoms with van der Waals surface area (Å²) in [5, 5.41) is 3.41. The van der Waals surface area contributed by atoms with Crippen LogP contribution in [0.4, 0.5) is 4.39 Å². The zero-order valence-electron chi connectivity index (χ0n) is 10.9. The van der Waals surface area contributed by atoms with Gasteiger partial charge in [0.05, 0.1) is 3.79 Å². The molecule has 1 aromatic carbocycles. The van der Waals surface area contributed by atoms with Crippen molar-refractivity contribution < 1.29 is 9.13 Å². The van der Waals surface area contributed by atoms with Gasteiger partial charge in [0.15, 0.2) is 0 Å². The van der Waals surface area contributed by atoms with Crippen LogP contribution in [0, 0.1) is 5.82 Å². The maximum absolute atomic E-state index is 13.1. The lowest BCUT2D eigenvalue weighted by Crippen LogP contribution is -2.31. The molecule has 2 heterocycles. The molecule has 0 saturated heterocycles. The van der Waals surface area contributed by atoms with Crippen molar-refractivity contribution in [1.29, 1.82) is 0 Å². The van der Waals surface area contributed by atoms with Gasteiger partial charge in [-0.1, -0.05) is 0 Å². The van der Waals surface area contributed by atoms with E-state index in [0.29, 0.717) is 0 Å². The number of benzene rings is 1. The highest BCUT2D eigenvalue weighted by Crippen LogP contribution is 2.29. The predicted molar refractivity (Wildman–Crippen MR) is 83.1 cm³/mol. The SMILES string of the molecule is Fc1ccc2c(c1)CC(CNCCc1ccc(Br)s1)O2. The molecule has 1 unspecified atom stereocenters. The van der Waals surface area contributed by atoms with Gasteiger partial charge in [0.1, 0.15) is 17.7 Å². The highest BCUT2D eigenvalue weighted by atomic mass is 79.9. The Morgan fingerprint density at radius 2 is 2.25 bits per heavy atom. The second kappa shape index (κ2) is 6.24. The number of thiophene rings is 1. The molecule has 0 radical (unpaired) electrons. The fourth-order valence-electron chi connectivity index (χ4n) is 2.36. The molecular weight excluding hydrogens is 341 g/mol. The van der Waals surface area contributed by atoms with Crippen molar-refractivity contribution in [3.63, 3.8) is 0 Å². The summed E-state index contributed by atoms with van der Waals surface area (Å²) >= 11 is 5.23. The van der Waals surface area contributed by atoms with Gasteiger partial charge in [0, 0.05) is 30.0 Å². The average Bonchev–Trinajstić information content (AvgIpc) is 3.00. The number of rotatable bonds is 5. The van der Waals surface area contributed by atoms with Gasteiger partial charge < -0.3 is 10.1 Å². The topological polar surface area (TPSA) is 21.3 Å². The minimum Gasteiger partial charge on any atom is -0.488 e. The first-order chi connectivity index (χ1) is 9.70. The van der Waals surface area contributed by atoms with Crippen LogP contribution in [0.25, 0.3) is 0 Å². The third kappa shape index (κ3) is 3.40. The van der Waals surface area contributed by atoms with Gasteiger partial charge in [-0.3, -0.25) is 0 Å². The molecule has 1 aromatic heterocycles. The van der Waals surface area contributed by atoms with E-state index in [1.807, 2.05) is 0 Å². The highest BCUT2D eigenvalue weighted by Gasteiger charge is 2.22. The second-order valence-corrected chi connectivity index (χ2v) is 7.40. The molecule has 1 N–H and O–H groups in total. The standard InChI is InChI=1S/C15H15BrFNOS/c16-15-4-2-13(20-15)5-6-18-9-12-8-10-7-11(17)1-3-14(10)19-12/h1-4,7,12,18H,5-6,8-9H2. The molecule has 0 saturated carbocycles. The van der Waals surface area contributed by atoms with Gasteiger partial charge in [0.2, 0.25) is 0 Å². The summed E-state index contributed by atoms with van der Waals surface area (Å²) in [4.78, 5) is 1.36. The second-order valence-electron chi connectivity index (χ2n) is 4.86. The summed E-state index contributed by atoms with van der Waals surface area (Å²) < 4.78 is 20.1. The van der Waals surface area contributed by atoms with Gasteiger partial charge in [-0.15, -0.1) is 11.3 Å². The van der Waals surface area contributed by atoms with Crippen molar-refractivity contribution in [2.24, 2.45) is 0 Å². The first-order valence-electron chi connectivity index (χ1n) is 6.61. The Hall–Kier alpha value is -0.910. The summed E-state index contributed by atoms with van der Waals surface area (Å²) in [7, 11) is 0. The lowest BCUT2D eigenvalue weighted by Gasteiger charge is -2.11. The fourth-order valence-corrected chi connectivity index (χ4v) is 3.85. The van der Waals surface area contributed by atoms with E-state index in [0.717, 1.165) is 37.2 Å². The molecular formula is C15H15BrFNOS. The molecule has 0 fully saturated rings. The Kier molecular flexibility index (Phi) is 4.38. The Morgan fingerprint density at radius 3 is 3.05 bits per heavy atom. The summed E-state index contributed by atoms with van der Waals surface area (Å²) in [6.07, 6.45) is 1.91. The molecule has 0 spiro atoms. The smallest absolute Gasteiger partial charge is 0.123 e. The zero-order valence-corrected chi connectivity index (χ0v) is 13.3. The average molecular weight is 356 g/mol. The summed E-state index contributed by atoms with van der Waals surface area (Å²) in [6.45, 7) is 1.72. The van der Waals surface area contributed by atoms with Crippen LogP contribution >= 0.6 is 27.3 Å². The minimum atomic E-state index is -0.191. The molecule has 0 bridgehead atoms. The third-order valence-corrected chi connectivity index (χ3v) is 5.00. The van der Waals surface area contributed by atoms with Crippen LogP contribution < -0.4 is 10.1 Å². The van der Waals surface area contributed by atoms with Crippen molar-refractivity contribution in [2.75, 3.05) is 13.1 Å². The van der Waals surface area contributed by atoms with E-state index in [1.165, 1.54) is 14.7 Å². The quantitative estimate of drug-likeness (QED) is 0.824. The van der Waals surface area contributed by atoms with Crippen LogP contribution in [0.2, 0.25) is 0 Å². The lowest BCUT2D eigenvalue weighted by atomic mass is 10.1. The molecule has 2 aromatic rings. The molecule has 1 aliphatic rings. The Morgan fingerprint density at radius 1 is 1.35 bits per heavy atom. The van der Waals surface area contributed by atoms with E-state index in [1.54, 1.807) is 23.5 Å². The summed E-state index contributed by atoms with van der Waals surface area (Å²) in [5.74, 6) is 0.629.